The van der Waals surface area contributed by atoms with Gasteiger partial charge in [-0.1, -0.05) is 20.3 Å². The van der Waals surface area contributed by atoms with Crippen molar-refractivity contribution in [3.63, 3.8) is 0 Å². The summed E-state index contributed by atoms with van der Waals surface area (Å²) >= 11 is 4.98. The van der Waals surface area contributed by atoms with Gasteiger partial charge in [0, 0.05) is 6.54 Å². The van der Waals surface area contributed by atoms with E-state index < -0.39 is 0 Å². The first-order valence-electron chi connectivity index (χ1n) is 4.23. The Morgan fingerprint density at radius 3 is 2.83 bits per heavy atom. The molecule has 1 aliphatic rings. The summed E-state index contributed by atoms with van der Waals surface area (Å²) in [5.74, 6) is 0.618. The Morgan fingerprint density at radius 1 is 1.75 bits per heavy atom. The smallest absolute Gasteiger partial charge is 0.248 e. The Bertz CT molecular complexity index is 189. The molecular weight excluding hydrogens is 172 g/mol. The van der Waals surface area contributed by atoms with Crippen LogP contribution in [0.2, 0.25) is 0 Å². The lowest BCUT2D eigenvalue weighted by molar-refractivity contribution is -0.124. The number of hydrogen-bond acceptors (Lipinski definition) is 2. The Labute approximate surface area is 78.1 Å². The molecule has 0 bridgehead atoms. The molecule has 3 nitrogen and oxygen atoms in total. The van der Waals surface area contributed by atoms with Gasteiger partial charge in [-0.05, 0) is 18.1 Å². The summed E-state index contributed by atoms with van der Waals surface area (Å²) in [5, 5.41) is 3.44. The maximum atomic E-state index is 11.2. The average Bonchev–Trinajstić information content (AvgIpc) is 2.35. The number of carbonyl (C=O) groups is 1. The van der Waals surface area contributed by atoms with Crippen LogP contribution < -0.4 is 5.32 Å². The monoisotopic (exact) mass is 186 g/mol. The third-order valence-corrected chi connectivity index (χ3v) is 2.49. The molecule has 1 amide bonds. The summed E-state index contributed by atoms with van der Waals surface area (Å²) < 4.78 is 0. The lowest BCUT2D eigenvalue weighted by Gasteiger charge is -2.18. The summed E-state index contributed by atoms with van der Waals surface area (Å²) in [7, 11) is 0. The minimum atomic E-state index is 0.0975. The zero-order valence-corrected chi connectivity index (χ0v) is 8.28. The van der Waals surface area contributed by atoms with Crippen molar-refractivity contribution in [1.29, 1.82) is 0 Å². The average molecular weight is 186 g/mol. The highest BCUT2D eigenvalue weighted by Crippen LogP contribution is 2.07. The molecule has 0 radical (unpaired) electrons. The van der Waals surface area contributed by atoms with E-state index in [4.69, 9.17) is 12.2 Å². The van der Waals surface area contributed by atoms with E-state index >= 15 is 0 Å². The Hall–Kier alpha value is -0.640. The predicted molar refractivity (Wildman–Crippen MR) is 51.8 cm³/mol. The fourth-order valence-corrected chi connectivity index (χ4v) is 1.33. The summed E-state index contributed by atoms with van der Waals surface area (Å²) in [4.78, 5) is 12.9. The van der Waals surface area contributed by atoms with E-state index in [-0.39, 0.29) is 5.91 Å². The molecule has 0 aromatic heterocycles. The lowest BCUT2D eigenvalue weighted by Crippen LogP contribution is -2.34. The van der Waals surface area contributed by atoms with Gasteiger partial charge in [0.15, 0.2) is 5.11 Å². The summed E-state index contributed by atoms with van der Waals surface area (Å²) in [6.07, 6.45) is 1.08. The normalized spacial score (nSPS) is 19.7. The Balaban J connectivity index is 2.50. The number of rotatable bonds is 3. The molecule has 1 heterocycles. The number of amides is 1. The fraction of sp³-hybridized carbons (Fsp3) is 0.750. The molecular formula is C8H14N2OS. The van der Waals surface area contributed by atoms with Crippen molar-refractivity contribution in [2.45, 2.75) is 20.3 Å². The first-order valence-corrected chi connectivity index (χ1v) is 4.64. The van der Waals surface area contributed by atoms with Crippen molar-refractivity contribution in [1.82, 2.24) is 10.2 Å². The van der Waals surface area contributed by atoms with E-state index in [0.717, 1.165) is 13.0 Å². The zero-order valence-electron chi connectivity index (χ0n) is 7.46. The number of thiocarbonyl (C=S) groups is 1. The molecule has 12 heavy (non-hydrogen) atoms. The third-order valence-electron chi connectivity index (χ3n) is 2.13. The molecule has 0 spiro atoms. The van der Waals surface area contributed by atoms with Gasteiger partial charge in [0.2, 0.25) is 5.91 Å². The second-order valence-corrected chi connectivity index (χ2v) is 3.56. The van der Waals surface area contributed by atoms with Crippen LogP contribution in [0.4, 0.5) is 0 Å². The molecule has 1 unspecified atom stereocenters. The zero-order chi connectivity index (χ0) is 9.14. The van der Waals surface area contributed by atoms with Gasteiger partial charge in [-0.25, -0.2) is 0 Å². The number of nitrogens with one attached hydrogen (secondary N) is 1. The molecule has 1 rings (SSSR count). The molecule has 1 aliphatic heterocycles. The SMILES string of the molecule is CCC(C)CN1C(=O)CNC1=S. The van der Waals surface area contributed by atoms with E-state index in [1.54, 1.807) is 4.90 Å². The minimum absolute atomic E-state index is 0.0975. The quantitative estimate of drug-likeness (QED) is 0.660. The second-order valence-electron chi connectivity index (χ2n) is 3.18. The Morgan fingerprint density at radius 2 is 2.42 bits per heavy atom. The fourth-order valence-electron chi connectivity index (χ4n) is 1.08. The molecule has 4 heteroatoms. The van der Waals surface area contributed by atoms with Crippen molar-refractivity contribution in [3.8, 4) is 0 Å². The van der Waals surface area contributed by atoms with Crippen LogP contribution in [0.25, 0.3) is 0 Å². The van der Waals surface area contributed by atoms with Crippen LogP contribution in [0, 0.1) is 5.92 Å². The van der Waals surface area contributed by atoms with Crippen LogP contribution in [0.15, 0.2) is 0 Å². The number of hydrogen-bond donors (Lipinski definition) is 1. The second kappa shape index (κ2) is 3.85. The molecule has 1 N–H and O–H groups in total. The largest absolute Gasteiger partial charge is 0.353 e. The highest BCUT2D eigenvalue weighted by molar-refractivity contribution is 7.80. The van der Waals surface area contributed by atoms with Crippen LogP contribution in [-0.2, 0) is 4.79 Å². The van der Waals surface area contributed by atoms with Gasteiger partial charge >= 0.3 is 0 Å². The first-order chi connectivity index (χ1) is 5.65. The van der Waals surface area contributed by atoms with E-state index in [1.165, 1.54) is 0 Å². The molecule has 1 saturated heterocycles. The molecule has 68 valence electrons. The molecule has 1 atom stereocenters. The van der Waals surface area contributed by atoms with E-state index in [0.29, 0.717) is 17.6 Å². The van der Waals surface area contributed by atoms with Gasteiger partial charge < -0.3 is 5.32 Å². The molecule has 0 aliphatic carbocycles. The van der Waals surface area contributed by atoms with Crippen molar-refractivity contribution in [2.24, 2.45) is 5.92 Å². The predicted octanol–water partition coefficient (Wildman–Crippen LogP) is 0.749. The van der Waals surface area contributed by atoms with E-state index in [1.807, 2.05) is 0 Å². The highest BCUT2D eigenvalue weighted by atomic mass is 32.1. The van der Waals surface area contributed by atoms with Crippen molar-refractivity contribution >= 4 is 23.2 Å². The van der Waals surface area contributed by atoms with Gasteiger partial charge in [-0.15, -0.1) is 0 Å². The van der Waals surface area contributed by atoms with Crippen LogP contribution in [0.3, 0.4) is 0 Å². The van der Waals surface area contributed by atoms with Crippen LogP contribution in [0.5, 0.6) is 0 Å². The number of nitrogens with zero attached hydrogens (tertiary/aromatic N) is 1. The topological polar surface area (TPSA) is 32.3 Å². The maximum Gasteiger partial charge on any atom is 0.248 e. The standard InChI is InChI=1S/C8H14N2OS/c1-3-6(2)5-10-7(11)4-9-8(10)12/h6H,3-5H2,1-2H3,(H,9,12). The Kier molecular flexibility index (Phi) is 3.03. The van der Waals surface area contributed by atoms with Crippen LogP contribution >= 0.6 is 12.2 Å². The molecule has 1 fully saturated rings. The first kappa shape index (κ1) is 9.45. The van der Waals surface area contributed by atoms with E-state index in [9.17, 15) is 4.79 Å². The van der Waals surface area contributed by atoms with Gasteiger partial charge in [-0.3, -0.25) is 9.69 Å². The molecule has 0 aromatic rings. The van der Waals surface area contributed by atoms with E-state index in [2.05, 4.69) is 19.2 Å². The summed E-state index contributed by atoms with van der Waals surface area (Å²) in [5.41, 5.74) is 0. The maximum absolute atomic E-state index is 11.2. The minimum Gasteiger partial charge on any atom is -0.353 e. The van der Waals surface area contributed by atoms with Crippen molar-refractivity contribution < 1.29 is 4.79 Å². The van der Waals surface area contributed by atoms with Gasteiger partial charge in [0.25, 0.3) is 0 Å². The molecule has 0 aromatic carbocycles. The highest BCUT2D eigenvalue weighted by Gasteiger charge is 2.25. The van der Waals surface area contributed by atoms with Crippen LogP contribution in [0.1, 0.15) is 20.3 Å². The van der Waals surface area contributed by atoms with Crippen LogP contribution in [-0.4, -0.2) is 29.0 Å². The van der Waals surface area contributed by atoms with Gasteiger partial charge in [0.05, 0.1) is 6.54 Å². The summed E-state index contributed by atoms with van der Waals surface area (Å²) in [6.45, 7) is 5.35. The van der Waals surface area contributed by atoms with Gasteiger partial charge in [-0.2, -0.15) is 0 Å². The number of carbonyl (C=O) groups excluding carboxylic acids is 1. The van der Waals surface area contributed by atoms with Gasteiger partial charge in [0.1, 0.15) is 0 Å². The van der Waals surface area contributed by atoms with Crippen molar-refractivity contribution in [2.75, 3.05) is 13.1 Å². The summed E-state index contributed by atoms with van der Waals surface area (Å²) in [6, 6.07) is 0. The molecule has 0 saturated carbocycles. The van der Waals surface area contributed by atoms with Crippen molar-refractivity contribution in [3.05, 3.63) is 0 Å². The lowest BCUT2D eigenvalue weighted by atomic mass is 10.1. The third kappa shape index (κ3) is 1.94.